The maximum atomic E-state index is 13.0. The minimum Gasteiger partial charge on any atom is -0.483 e. The lowest BCUT2D eigenvalue weighted by Crippen LogP contribution is -2.59. The first kappa shape index (κ1) is 23.3. The van der Waals surface area contributed by atoms with Crippen LogP contribution in [0.4, 0.5) is 0 Å². The SMILES string of the molecule is CN1CC[C@H](O)[C@@]2(CCCN(C(=O)c3ccc4nc[nH]c4c3)C2)C1.O=CO.O=CO. The molecule has 1 aromatic heterocycles. The maximum Gasteiger partial charge on any atom is 0.290 e. The molecule has 2 aliphatic heterocycles. The summed E-state index contributed by atoms with van der Waals surface area (Å²) in [4.78, 5) is 41.2. The number of imidazole rings is 1. The summed E-state index contributed by atoms with van der Waals surface area (Å²) in [6.45, 7) is 2.68. The molecule has 10 heteroatoms. The van der Waals surface area contributed by atoms with E-state index in [0.717, 1.165) is 49.9 Å². The van der Waals surface area contributed by atoms with E-state index < -0.39 is 0 Å². The van der Waals surface area contributed by atoms with E-state index >= 15 is 0 Å². The molecule has 1 amide bonds. The van der Waals surface area contributed by atoms with Crippen molar-refractivity contribution in [2.24, 2.45) is 5.41 Å². The third kappa shape index (κ3) is 5.33. The van der Waals surface area contributed by atoms with Crippen LogP contribution in [-0.4, -0.2) is 93.3 Å². The van der Waals surface area contributed by atoms with Gasteiger partial charge in [0.2, 0.25) is 0 Å². The molecular formula is C20H28N4O6. The number of aromatic nitrogens is 2. The number of aliphatic hydroxyl groups excluding tert-OH is 1. The highest BCUT2D eigenvalue weighted by Gasteiger charge is 2.45. The van der Waals surface area contributed by atoms with E-state index in [9.17, 15) is 9.90 Å². The minimum atomic E-state index is -0.320. The van der Waals surface area contributed by atoms with Crippen molar-refractivity contribution in [3.05, 3.63) is 30.1 Å². The predicted molar refractivity (Wildman–Crippen MR) is 109 cm³/mol. The molecule has 0 radical (unpaired) electrons. The number of aromatic amines is 1. The van der Waals surface area contributed by atoms with E-state index in [4.69, 9.17) is 19.8 Å². The molecule has 0 unspecified atom stereocenters. The van der Waals surface area contributed by atoms with Crippen molar-refractivity contribution in [3.8, 4) is 0 Å². The van der Waals surface area contributed by atoms with Gasteiger partial charge in [0.15, 0.2) is 0 Å². The van der Waals surface area contributed by atoms with Crippen LogP contribution in [0, 0.1) is 5.41 Å². The second-order valence-corrected chi connectivity index (χ2v) is 7.58. The van der Waals surface area contributed by atoms with Gasteiger partial charge in [0.25, 0.3) is 18.9 Å². The van der Waals surface area contributed by atoms with Crippen molar-refractivity contribution in [2.75, 3.05) is 33.2 Å². The molecule has 0 bridgehead atoms. The molecular weight excluding hydrogens is 392 g/mol. The van der Waals surface area contributed by atoms with Crippen LogP contribution in [0.25, 0.3) is 11.0 Å². The molecule has 2 aromatic rings. The van der Waals surface area contributed by atoms with E-state index in [1.54, 1.807) is 6.33 Å². The Morgan fingerprint density at radius 3 is 2.63 bits per heavy atom. The highest BCUT2D eigenvalue weighted by atomic mass is 16.3. The van der Waals surface area contributed by atoms with Crippen LogP contribution in [0.1, 0.15) is 29.6 Å². The van der Waals surface area contributed by atoms with Crippen molar-refractivity contribution in [2.45, 2.75) is 25.4 Å². The van der Waals surface area contributed by atoms with Gasteiger partial charge in [-0.25, -0.2) is 4.98 Å². The fraction of sp³-hybridized carbons (Fsp3) is 0.500. The van der Waals surface area contributed by atoms with Gasteiger partial charge in [-0.3, -0.25) is 14.4 Å². The Labute approximate surface area is 174 Å². The number of hydrogen-bond donors (Lipinski definition) is 4. The number of fused-ring (bicyclic) bond motifs is 1. The van der Waals surface area contributed by atoms with Crippen LogP contribution in [0.2, 0.25) is 0 Å². The second kappa shape index (κ2) is 10.7. The lowest BCUT2D eigenvalue weighted by molar-refractivity contribution is -0.123. The smallest absolute Gasteiger partial charge is 0.290 e. The third-order valence-electron chi connectivity index (χ3n) is 5.64. The number of nitrogens with zero attached hydrogens (tertiary/aromatic N) is 3. The number of nitrogens with one attached hydrogen (secondary N) is 1. The molecule has 2 aliphatic rings. The van der Waals surface area contributed by atoms with Crippen molar-refractivity contribution in [1.82, 2.24) is 19.8 Å². The summed E-state index contributed by atoms with van der Waals surface area (Å²) in [5.41, 5.74) is 2.25. The minimum absolute atomic E-state index is 0.0472. The monoisotopic (exact) mass is 420 g/mol. The largest absolute Gasteiger partial charge is 0.483 e. The van der Waals surface area contributed by atoms with Gasteiger partial charge in [-0.1, -0.05) is 0 Å². The highest BCUT2D eigenvalue weighted by molar-refractivity contribution is 5.97. The molecule has 1 spiro atoms. The fourth-order valence-electron chi connectivity index (χ4n) is 4.36. The van der Waals surface area contributed by atoms with Crippen LogP contribution in [0.15, 0.2) is 24.5 Å². The number of likely N-dealkylation sites (tertiary alicyclic amines) is 2. The molecule has 0 saturated carbocycles. The van der Waals surface area contributed by atoms with E-state index in [1.807, 2.05) is 23.1 Å². The average Bonchev–Trinajstić information content (AvgIpc) is 3.20. The van der Waals surface area contributed by atoms with Crippen molar-refractivity contribution in [1.29, 1.82) is 0 Å². The molecule has 10 nitrogen and oxygen atoms in total. The lowest BCUT2D eigenvalue weighted by atomic mass is 9.71. The van der Waals surface area contributed by atoms with Crippen LogP contribution in [0.3, 0.4) is 0 Å². The standard InChI is InChI=1S/C18H24N4O2.2CH2O2/c1-21-8-5-16(23)18(10-21)6-2-7-22(11-18)17(24)13-3-4-14-15(9-13)20-12-19-14;2*2-1-3/h3-4,9,12,16,23H,2,5-8,10-11H2,1H3,(H,19,20);2*1H,(H,2,3)/t16-,18-;;/m0../s1. The number of amides is 1. The first-order valence-corrected chi connectivity index (χ1v) is 9.65. The normalized spacial score (nSPS) is 23.7. The first-order chi connectivity index (χ1) is 14.4. The molecule has 164 valence electrons. The molecule has 4 N–H and O–H groups in total. The van der Waals surface area contributed by atoms with Crippen molar-refractivity contribution < 1.29 is 29.7 Å². The number of piperidine rings is 2. The van der Waals surface area contributed by atoms with Gasteiger partial charge in [0.1, 0.15) is 0 Å². The Kier molecular flexibility index (Phi) is 8.31. The van der Waals surface area contributed by atoms with E-state index in [1.165, 1.54) is 0 Å². The Morgan fingerprint density at radius 2 is 1.93 bits per heavy atom. The zero-order chi connectivity index (χ0) is 22.1. The van der Waals surface area contributed by atoms with Crippen LogP contribution in [0.5, 0.6) is 0 Å². The summed E-state index contributed by atoms with van der Waals surface area (Å²) in [5, 5.41) is 24.4. The number of aliphatic hydroxyl groups is 1. The molecule has 3 heterocycles. The van der Waals surface area contributed by atoms with E-state index in [2.05, 4.69) is 21.9 Å². The summed E-state index contributed by atoms with van der Waals surface area (Å²) >= 11 is 0. The Hall–Kier alpha value is -2.98. The third-order valence-corrected chi connectivity index (χ3v) is 5.64. The zero-order valence-electron chi connectivity index (χ0n) is 16.9. The van der Waals surface area contributed by atoms with Crippen molar-refractivity contribution >= 4 is 29.9 Å². The fourth-order valence-corrected chi connectivity index (χ4v) is 4.36. The number of hydrogen-bond acceptors (Lipinski definition) is 6. The van der Waals surface area contributed by atoms with Gasteiger partial charge in [0, 0.05) is 37.2 Å². The maximum absolute atomic E-state index is 13.0. The second-order valence-electron chi connectivity index (χ2n) is 7.58. The quantitative estimate of drug-likeness (QED) is 0.497. The van der Waals surface area contributed by atoms with Gasteiger partial charge >= 0.3 is 0 Å². The van der Waals surface area contributed by atoms with E-state index in [-0.39, 0.29) is 30.4 Å². The number of carboxylic acid groups (broad SMARTS) is 2. The van der Waals surface area contributed by atoms with Gasteiger partial charge in [-0.2, -0.15) is 0 Å². The molecule has 2 saturated heterocycles. The molecule has 4 rings (SSSR count). The summed E-state index contributed by atoms with van der Waals surface area (Å²) < 4.78 is 0. The Bertz CT molecular complexity index is 851. The van der Waals surface area contributed by atoms with Crippen LogP contribution < -0.4 is 0 Å². The summed E-state index contributed by atoms with van der Waals surface area (Å²) in [5.74, 6) is 0.0472. The average molecular weight is 420 g/mol. The molecule has 2 fully saturated rings. The zero-order valence-corrected chi connectivity index (χ0v) is 16.9. The lowest BCUT2D eigenvalue weighted by Gasteiger charge is -2.50. The van der Waals surface area contributed by atoms with Gasteiger partial charge < -0.3 is 30.1 Å². The number of rotatable bonds is 1. The summed E-state index contributed by atoms with van der Waals surface area (Å²) in [7, 11) is 2.10. The number of benzene rings is 1. The molecule has 1 aromatic carbocycles. The molecule has 2 atom stereocenters. The van der Waals surface area contributed by atoms with Crippen molar-refractivity contribution in [3.63, 3.8) is 0 Å². The molecule has 30 heavy (non-hydrogen) atoms. The van der Waals surface area contributed by atoms with Crippen LogP contribution in [-0.2, 0) is 9.59 Å². The van der Waals surface area contributed by atoms with Crippen LogP contribution >= 0.6 is 0 Å². The van der Waals surface area contributed by atoms with E-state index in [0.29, 0.717) is 12.1 Å². The van der Waals surface area contributed by atoms with Gasteiger partial charge in [-0.15, -0.1) is 0 Å². The molecule has 0 aliphatic carbocycles. The van der Waals surface area contributed by atoms with Gasteiger partial charge in [0.05, 0.1) is 23.5 Å². The number of H-pyrrole nitrogens is 1. The Morgan fingerprint density at radius 1 is 1.23 bits per heavy atom. The first-order valence-electron chi connectivity index (χ1n) is 9.65. The Balaban J connectivity index is 0.000000480. The summed E-state index contributed by atoms with van der Waals surface area (Å²) in [6, 6.07) is 5.59. The van der Waals surface area contributed by atoms with Gasteiger partial charge in [-0.05, 0) is 44.5 Å². The summed E-state index contributed by atoms with van der Waals surface area (Å²) in [6.07, 6.45) is 4.05. The predicted octanol–water partition coefficient (Wildman–Crippen LogP) is 0.883. The topological polar surface area (TPSA) is 147 Å². The number of carbonyl (C=O) groups is 3. The highest BCUT2D eigenvalue weighted by Crippen LogP contribution is 2.38. The number of carbonyl (C=O) groups excluding carboxylic acids is 1.